The molecule has 0 aliphatic rings. The summed E-state index contributed by atoms with van der Waals surface area (Å²) in [4.78, 5) is 0.120. The monoisotopic (exact) mass is 313 g/mol. The third-order valence-electron chi connectivity index (χ3n) is 2.36. The zero-order valence-corrected chi connectivity index (χ0v) is 12.0. The van der Waals surface area contributed by atoms with E-state index in [-0.39, 0.29) is 4.90 Å². The van der Waals surface area contributed by atoms with Gasteiger partial charge in [-0.3, -0.25) is 0 Å². The van der Waals surface area contributed by atoms with E-state index in [0.29, 0.717) is 15.6 Å². The summed E-state index contributed by atoms with van der Waals surface area (Å²) in [6, 6.07) is 12.8. The molecule has 0 saturated heterocycles. The highest BCUT2D eigenvalue weighted by Crippen LogP contribution is 2.23. The molecule has 19 heavy (non-hydrogen) atoms. The summed E-state index contributed by atoms with van der Waals surface area (Å²) in [5.74, 6) is 0. The first-order chi connectivity index (χ1) is 9.00. The Morgan fingerprint density at radius 3 is 2.05 bits per heavy atom. The molecular weight excluding hydrogens is 305 g/mol. The van der Waals surface area contributed by atoms with Crippen molar-refractivity contribution >= 4 is 39.4 Å². The number of sulfonamides is 1. The molecule has 0 unspecified atom stereocenters. The molecule has 0 radical (unpaired) electrons. The molecule has 2 aromatic rings. The third-order valence-corrected chi connectivity index (χ3v) is 4.27. The van der Waals surface area contributed by atoms with Gasteiger partial charge in [-0.1, -0.05) is 47.5 Å². The van der Waals surface area contributed by atoms with E-state index >= 15 is 0 Å². The maximum Gasteiger partial charge on any atom is 0.282 e. The number of nitrogens with zero attached hydrogens (tertiary/aromatic N) is 1. The van der Waals surface area contributed by atoms with Crippen LogP contribution in [-0.4, -0.2) is 14.6 Å². The summed E-state index contributed by atoms with van der Waals surface area (Å²) >= 11 is 11.9. The second kappa shape index (κ2) is 5.74. The van der Waals surface area contributed by atoms with Crippen LogP contribution in [0.5, 0.6) is 0 Å². The van der Waals surface area contributed by atoms with Crippen molar-refractivity contribution in [3.05, 3.63) is 64.1 Å². The highest BCUT2D eigenvalue weighted by Gasteiger charge is 2.11. The SMILES string of the molecule is O=S(=O)(/N=C\c1c(Cl)cccc1Cl)c1ccccc1. The summed E-state index contributed by atoms with van der Waals surface area (Å²) in [7, 11) is -3.74. The van der Waals surface area contributed by atoms with Crippen molar-refractivity contribution in [3.8, 4) is 0 Å². The summed E-state index contributed by atoms with van der Waals surface area (Å²) in [6.07, 6.45) is 1.16. The molecule has 0 saturated carbocycles. The predicted molar refractivity (Wildman–Crippen MR) is 77.7 cm³/mol. The second-order valence-electron chi connectivity index (χ2n) is 3.66. The molecule has 0 N–H and O–H groups in total. The smallest absolute Gasteiger partial charge is 0.199 e. The normalized spacial score (nSPS) is 11.9. The van der Waals surface area contributed by atoms with Crippen molar-refractivity contribution < 1.29 is 8.42 Å². The fraction of sp³-hybridized carbons (Fsp3) is 0. The van der Waals surface area contributed by atoms with Gasteiger partial charge in [0.15, 0.2) is 0 Å². The maximum atomic E-state index is 11.9. The Hall–Kier alpha value is -1.36. The first kappa shape index (κ1) is 14.1. The number of benzene rings is 2. The van der Waals surface area contributed by atoms with Crippen LogP contribution in [-0.2, 0) is 10.0 Å². The molecule has 0 amide bonds. The van der Waals surface area contributed by atoms with Crippen LogP contribution < -0.4 is 0 Å². The van der Waals surface area contributed by atoms with Gasteiger partial charge in [0.1, 0.15) is 0 Å². The van der Waals surface area contributed by atoms with Crippen LogP contribution in [0.1, 0.15) is 5.56 Å². The minimum atomic E-state index is -3.74. The Kier molecular flexibility index (Phi) is 4.24. The number of hydrogen-bond donors (Lipinski definition) is 0. The van der Waals surface area contributed by atoms with Gasteiger partial charge in [0.05, 0.1) is 21.2 Å². The molecule has 6 heteroatoms. The second-order valence-corrected chi connectivity index (χ2v) is 6.10. The van der Waals surface area contributed by atoms with E-state index in [2.05, 4.69) is 4.40 Å². The van der Waals surface area contributed by atoms with Crippen LogP contribution in [0, 0.1) is 0 Å². The molecule has 2 rings (SSSR count). The molecule has 2 aromatic carbocycles. The zero-order valence-electron chi connectivity index (χ0n) is 9.62. The largest absolute Gasteiger partial charge is 0.282 e. The van der Waals surface area contributed by atoms with E-state index < -0.39 is 10.0 Å². The zero-order chi connectivity index (χ0) is 13.9. The average molecular weight is 314 g/mol. The minimum Gasteiger partial charge on any atom is -0.199 e. The van der Waals surface area contributed by atoms with Gasteiger partial charge in [0, 0.05) is 5.56 Å². The van der Waals surface area contributed by atoms with E-state index in [1.807, 2.05) is 0 Å². The van der Waals surface area contributed by atoms with Crippen LogP contribution >= 0.6 is 23.2 Å². The molecule has 0 aliphatic carbocycles. The van der Waals surface area contributed by atoms with Crippen molar-refractivity contribution in [1.29, 1.82) is 0 Å². The lowest BCUT2D eigenvalue weighted by molar-refractivity contribution is 0.598. The van der Waals surface area contributed by atoms with Gasteiger partial charge in [-0.2, -0.15) is 12.8 Å². The highest BCUT2D eigenvalue weighted by molar-refractivity contribution is 7.90. The van der Waals surface area contributed by atoms with Crippen molar-refractivity contribution in [2.75, 3.05) is 0 Å². The van der Waals surface area contributed by atoms with Gasteiger partial charge in [-0.15, -0.1) is 0 Å². The lowest BCUT2D eigenvalue weighted by atomic mass is 10.2. The first-order valence-corrected chi connectivity index (χ1v) is 7.50. The summed E-state index contributed by atoms with van der Waals surface area (Å²) in [5.41, 5.74) is 0.380. The molecule has 0 spiro atoms. The van der Waals surface area contributed by atoms with E-state index in [1.54, 1.807) is 36.4 Å². The first-order valence-electron chi connectivity index (χ1n) is 5.30. The van der Waals surface area contributed by atoms with Crippen LogP contribution in [0.4, 0.5) is 0 Å². The molecular formula is C13H9Cl2NO2S. The van der Waals surface area contributed by atoms with Gasteiger partial charge >= 0.3 is 0 Å². The van der Waals surface area contributed by atoms with Gasteiger partial charge in [0.2, 0.25) is 0 Å². The van der Waals surface area contributed by atoms with Gasteiger partial charge in [-0.05, 0) is 24.3 Å². The number of rotatable bonds is 3. The molecule has 0 aromatic heterocycles. The topological polar surface area (TPSA) is 46.5 Å². The minimum absolute atomic E-state index is 0.120. The Morgan fingerprint density at radius 2 is 1.47 bits per heavy atom. The molecule has 98 valence electrons. The van der Waals surface area contributed by atoms with E-state index in [9.17, 15) is 8.42 Å². The maximum absolute atomic E-state index is 11.9. The molecule has 0 atom stereocenters. The molecule has 0 fully saturated rings. The standard InChI is InChI=1S/C13H9Cl2NO2S/c14-12-7-4-8-13(15)11(12)9-16-19(17,18)10-5-2-1-3-6-10/h1-9H/b16-9-. The van der Waals surface area contributed by atoms with E-state index in [1.165, 1.54) is 12.1 Å². The number of hydrogen-bond acceptors (Lipinski definition) is 2. The van der Waals surface area contributed by atoms with Crippen LogP contribution in [0.15, 0.2) is 57.8 Å². The fourth-order valence-electron chi connectivity index (χ4n) is 1.41. The van der Waals surface area contributed by atoms with Crippen molar-refractivity contribution in [2.24, 2.45) is 4.40 Å². The van der Waals surface area contributed by atoms with E-state index in [0.717, 1.165) is 6.21 Å². The van der Waals surface area contributed by atoms with Gasteiger partial charge in [0.25, 0.3) is 10.0 Å². The third kappa shape index (κ3) is 3.35. The quantitative estimate of drug-likeness (QED) is 0.809. The van der Waals surface area contributed by atoms with E-state index in [4.69, 9.17) is 23.2 Å². The van der Waals surface area contributed by atoms with Gasteiger partial charge < -0.3 is 0 Å². The fourth-order valence-corrected chi connectivity index (χ4v) is 2.77. The lowest BCUT2D eigenvalue weighted by Crippen LogP contribution is -1.97. The number of halogens is 2. The van der Waals surface area contributed by atoms with Crippen molar-refractivity contribution in [2.45, 2.75) is 4.90 Å². The molecule has 0 bridgehead atoms. The highest BCUT2D eigenvalue weighted by atomic mass is 35.5. The van der Waals surface area contributed by atoms with Crippen LogP contribution in [0.25, 0.3) is 0 Å². The Bertz CT molecular complexity index is 692. The Balaban J connectivity index is 2.39. The van der Waals surface area contributed by atoms with Crippen LogP contribution in [0.3, 0.4) is 0 Å². The Morgan fingerprint density at radius 1 is 0.895 bits per heavy atom. The predicted octanol–water partition coefficient (Wildman–Crippen LogP) is 3.80. The van der Waals surface area contributed by atoms with Gasteiger partial charge in [-0.25, -0.2) is 0 Å². The molecule has 3 nitrogen and oxygen atoms in total. The van der Waals surface area contributed by atoms with Crippen LogP contribution in [0.2, 0.25) is 10.0 Å². The summed E-state index contributed by atoms with van der Waals surface area (Å²) < 4.78 is 27.5. The summed E-state index contributed by atoms with van der Waals surface area (Å²) in [5, 5.41) is 0.694. The van der Waals surface area contributed by atoms with Crippen molar-refractivity contribution in [1.82, 2.24) is 0 Å². The van der Waals surface area contributed by atoms with Crippen molar-refractivity contribution in [3.63, 3.8) is 0 Å². The molecule has 0 heterocycles. The summed E-state index contributed by atoms with van der Waals surface area (Å²) in [6.45, 7) is 0. The lowest BCUT2D eigenvalue weighted by Gasteiger charge is -2.01. The molecule has 0 aliphatic heterocycles. The Labute approximate surface area is 121 Å². The average Bonchev–Trinajstić information content (AvgIpc) is 2.39.